The lowest BCUT2D eigenvalue weighted by Crippen LogP contribution is -2.45. The molecule has 0 radical (unpaired) electrons. The smallest absolute Gasteiger partial charge is 0.407 e. The molecule has 0 bridgehead atoms. The zero-order valence-electron chi connectivity index (χ0n) is 19.7. The monoisotopic (exact) mass is 476 g/mol. The first-order valence-corrected chi connectivity index (χ1v) is 12.6. The van der Waals surface area contributed by atoms with Crippen LogP contribution in [-0.2, 0) is 14.3 Å². The highest BCUT2D eigenvalue weighted by Gasteiger charge is 2.37. The van der Waals surface area contributed by atoms with Crippen LogP contribution in [0.2, 0.25) is 0 Å². The molecule has 3 aliphatic carbocycles. The van der Waals surface area contributed by atoms with Crippen LogP contribution in [0.25, 0.3) is 11.1 Å². The summed E-state index contributed by atoms with van der Waals surface area (Å²) < 4.78 is 5.66. The summed E-state index contributed by atoms with van der Waals surface area (Å²) in [7, 11) is 0. The highest BCUT2D eigenvalue weighted by atomic mass is 16.5. The minimum atomic E-state index is -0.780. The van der Waals surface area contributed by atoms with Gasteiger partial charge in [-0.3, -0.25) is 9.59 Å². The number of nitrogens with one attached hydrogen (secondary N) is 2. The molecule has 3 N–H and O–H groups in total. The number of carbonyl (C=O) groups excluding carboxylic acids is 2. The number of carbonyl (C=O) groups is 3. The number of rotatable bonds is 7. The normalized spacial score (nSPS) is 25.0. The summed E-state index contributed by atoms with van der Waals surface area (Å²) in [6, 6.07) is 16.1. The molecular weight excluding hydrogens is 444 g/mol. The van der Waals surface area contributed by atoms with E-state index in [2.05, 4.69) is 34.9 Å². The fraction of sp³-hybridized carbons (Fsp3) is 0.464. The average Bonchev–Trinajstić information content (AvgIpc) is 3.59. The topological polar surface area (TPSA) is 105 Å². The minimum absolute atomic E-state index is 0.00980. The van der Waals surface area contributed by atoms with Crippen molar-refractivity contribution in [3.05, 3.63) is 59.7 Å². The van der Waals surface area contributed by atoms with Gasteiger partial charge in [-0.15, -0.1) is 0 Å². The molecule has 0 saturated heterocycles. The van der Waals surface area contributed by atoms with Gasteiger partial charge >= 0.3 is 12.1 Å². The van der Waals surface area contributed by atoms with Crippen molar-refractivity contribution in [2.24, 2.45) is 17.8 Å². The second kappa shape index (κ2) is 10.1. The van der Waals surface area contributed by atoms with Gasteiger partial charge in [-0.2, -0.15) is 0 Å². The van der Waals surface area contributed by atoms with Crippen LogP contribution in [0.3, 0.4) is 0 Å². The molecule has 184 valence electrons. The van der Waals surface area contributed by atoms with Gasteiger partial charge in [-0.25, -0.2) is 4.79 Å². The maximum Gasteiger partial charge on any atom is 0.407 e. The Morgan fingerprint density at radius 2 is 1.49 bits per heavy atom. The van der Waals surface area contributed by atoms with E-state index in [1.54, 1.807) is 0 Å². The Morgan fingerprint density at radius 1 is 0.857 bits per heavy atom. The van der Waals surface area contributed by atoms with Crippen LogP contribution in [0.1, 0.15) is 55.6 Å². The largest absolute Gasteiger partial charge is 0.481 e. The van der Waals surface area contributed by atoms with E-state index >= 15 is 0 Å². The predicted octanol–water partition coefficient (Wildman–Crippen LogP) is 4.31. The van der Waals surface area contributed by atoms with Gasteiger partial charge in [0.25, 0.3) is 0 Å². The number of amides is 2. The second-order valence-corrected chi connectivity index (χ2v) is 9.99. The van der Waals surface area contributed by atoms with Crippen molar-refractivity contribution in [2.75, 3.05) is 13.2 Å². The fourth-order valence-corrected chi connectivity index (χ4v) is 6.21. The number of carboxylic acid groups (broad SMARTS) is 1. The lowest BCUT2D eigenvalue weighted by molar-refractivity contribution is -0.143. The lowest BCUT2D eigenvalue weighted by Gasteiger charge is -2.23. The third-order valence-corrected chi connectivity index (χ3v) is 8.01. The van der Waals surface area contributed by atoms with Gasteiger partial charge in [-0.05, 0) is 53.9 Å². The summed E-state index contributed by atoms with van der Waals surface area (Å²) in [5, 5.41) is 15.2. The van der Waals surface area contributed by atoms with Crippen molar-refractivity contribution in [1.29, 1.82) is 0 Å². The molecule has 0 spiro atoms. The third kappa shape index (κ3) is 4.77. The molecular formula is C28H32N2O5. The third-order valence-electron chi connectivity index (χ3n) is 8.01. The van der Waals surface area contributed by atoms with Crippen LogP contribution in [0.5, 0.6) is 0 Å². The Morgan fingerprint density at radius 3 is 2.17 bits per heavy atom. The number of hydrogen-bond donors (Lipinski definition) is 3. The number of hydrogen-bond acceptors (Lipinski definition) is 4. The van der Waals surface area contributed by atoms with Crippen molar-refractivity contribution >= 4 is 18.0 Å². The van der Waals surface area contributed by atoms with Crippen LogP contribution in [-0.4, -0.2) is 42.3 Å². The van der Waals surface area contributed by atoms with E-state index in [0.29, 0.717) is 19.4 Å². The molecule has 0 aliphatic heterocycles. The van der Waals surface area contributed by atoms with Gasteiger partial charge in [0.2, 0.25) is 5.91 Å². The molecule has 2 fully saturated rings. The first kappa shape index (κ1) is 23.4. The molecule has 35 heavy (non-hydrogen) atoms. The summed E-state index contributed by atoms with van der Waals surface area (Å²) in [4.78, 5) is 37.0. The van der Waals surface area contributed by atoms with Crippen LogP contribution in [0.15, 0.2) is 48.5 Å². The molecule has 0 heterocycles. The number of aliphatic carboxylic acids is 1. The average molecular weight is 477 g/mol. The number of carboxylic acids is 1. The highest BCUT2D eigenvalue weighted by Crippen LogP contribution is 2.44. The molecule has 2 aromatic carbocycles. The Hall–Kier alpha value is -3.35. The summed E-state index contributed by atoms with van der Waals surface area (Å²) in [6.07, 6.45) is 4.16. The number of fused-ring (bicyclic) bond motifs is 3. The van der Waals surface area contributed by atoms with Crippen LogP contribution >= 0.6 is 0 Å². The standard InChI is InChI=1S/C28H32N2O5/c31-26(29-15-17-7-5-12-18(17)27(32)33)23-13-6-14-25(23)30-28(34)35-16-24-21-10-3-1-8-19(21)20-9-2-4-11-22(20)24/h1-4,8-11,17-18,23-25H,5-7,12-16H2,(H,29,31)(H,30,34)(H,32,33)/t17-,18-,23?,25?/m0/s1. The molecule has 2 amide bonds. The predicted molar refractivity (Wildman–Crippen MR) is 131 cm³/mol. The SMILES string of the molecule is O=C(NC1CCCC1C(=O)NC[C@@H]1CCC[C@@H]1C(=O)O)OCC1c2ccccc2-c2ccccc21. The molecule has 3 aliphatic rings. The van der Waals surface area contributed by atoms with E-state index in [9.17, 15) is 19.5 Å². The van der Waals surface area contributed by atoms with Crippen molar-refractivity contribution in [2.45, 2.75) is 50.5 Å². The minimum Gasteiger partial charge on any atom is -0.481 e. The molecule has 4 atom stereocenters. The first-order chi connectivity index (χ1) is 17.0. The van der Waals surface area contributed by atoms with Gasteiger partial charge < -0.3 is 20.5 Å². The second-order valence-electron chi connectivity index (χ2n) is 9.99. The quantitative estimate of drug-likeness (QED) is 0.552. The summed E-state index contributed by atoms with van der Waals surface area (Å²) in [5.74, 6) is -1.62. The molecule has 2 unspecified atom stereocenters. The van der Waals surface area contributed by atoms with E-state index < -0.39 is 12.1 Å². The summed E-state index contributed by atoms with van der Waals surface area (Å²) >= 11 is 0. The van der Waals surface area contributed by atoms with E-state index in [-0.39, 0.29) is 42.2 Å². The van der Waals surface area contributed by atoms with E-state index in [1.165, 1.54) is 11.1 Å². The molecule has 7 heteroatoms. The molecule has 0 aromatic heterocycles. The van der Waals surface area contributed by atoms with E-state index in [4.69, 9.17) is 4.74 Å². The molecule has 7 nitrogen and oxygen atoms in total. The zero-order valence-corrected chi connectivity index (χ0v) is 19.7. The number of alkyl carbamates (subject to hydrolysis) is 1. The maximum atomic E-state index is 12.9. The highest BCUT2D eigenvalue weighted by molar-refractivity contribution is 5.81. The lowest BCUT2D eigenvalue weighted by atomic mass is 9.95. The van der Waals surface area contributed by atoms with Gasteiger partial charge in [-0.1, -0.05) is 61.4 Å². The number of ether oxygens (including phenoxy) is 1. The molecule has 5 rings (SSSR count). The van der Waals surface area contributed by atoms with Gasteiger partial charge in [0.05, 0.1) is 11.8 Å². The molecule has 2 saturated carbocycles. The van der Waals surface area contributed by atoms with Crippen molar-refractivity contribution in [1.82, 2.24) is 10.6 Å². The van der Waals surface area contributed by atoms with Crippen LogP contribution in [0.4, 0.5) is 4.79 Å². The fourth-order valence-electron chi connectivity index (χ4n) is 6.21. The summed E-state index contributed by atoms with van der Waals surface area (Å²) in [6.45, 7) is 0.617. The zero-order chi connectivity index (χ0) is 24.4. The Kier molecular flexibility index (Phi) is 6.75. The number of benzene rings is 2. The van der Waals surface area contributed by atoms with Crippen molar-refractivity contribution in [3.63, 3.8) is 0 Å². The van der Waals surface area contributed by atoms with Crippen LogP contribution < -0.4 is 10.6 Å². The Bertz CT molecular complexity index is 1070. The molecule has 2 aromatic rings. The maximum absolute atomic E-state index is 12.9. The van der Waals surface area contributed by atoms with Gasteiger partial charge in [0.15, 0.2) is 0 Å². The first-order valence-electron chi connectivity index (χ1n) is 12.6. The van der Waals surface area contributed by atoms with Crippen LogP contribution in [0, 0.1) is 17.8 Å². The van der Waals surface area contributed by atoms with E-state index in [1.807, 2.05) is 24.3 Å². The van der Waals surface area contributed by atoms with E-state index in [0.717, 1.165) is 36.8 Å². The van der Waals surface area contributed by atoms with Gasteiger partial charge in [0, 0.05) is 18.5 Å². The van der Waals surface area contributed by atoms with Gasteiger partial charge in [0.1, 0.15) is 6.61 Å². The Balaban J connectivity index is 1.15. The van der Waals surface area contributed by atoms with Crippen molar-refractivity contribution < 1.29 is 24.2 Å². The Labute approximate surface area is 205 Å². The van der Waals surface area contributed by atoms with Crippen molar-refractivity contribution in [3.8, 4) is 11.1 Å². The summed E-state index contributed by atoms with van der Waals surface area (Å²) in [5.41, 5.74) is 4.67.